The number of hydrogen-bond donors (Lipinski definition) is 1. The van der Waals surface area contributed by atoms with Gasteiger partial charge in [-0.25, -0.2) is 4.39 Å². The third-order valence-corrected chi connectivity index (χ3v) is 2.00. The number of hydrogen-bond acceptors (Lipinski definition) is 1. The van der Waals surface area contributed by atoms with Gasteiger partial charge in [0.1, 0.15) is 5.82 Å². The van der Waals surface area contributed by atoms with Gasteiger partial charge >= 0.3 is 12.1 Å². The van der Waals surface area contributed by atoms with Gasteiger partial charge in [0, 0.05) is 12.5 Å². The lowest BCUT2D eigenvalue weighted by Gasteiger charge is -2.20. The summed E-state index contributed by atoms with van der Waals surface area (Å²) < 4.78 is 75.0. The summed E-state index contributed by atoms with van der Waals surface area (Å²) in [6.45, 7) is 1.04. The van der Waals surface area contributed by atoms with E-state index in [4.69, 9.17) is 0 Å². The SMILES string of the molecule is CC(=O)Nc1ccc(C(F)(F)C(F)(F)F)cc1F. The molecule has 1 aromatic rings. The Morgan fingerprint density at radius 1 is 1.17 bits per heavy atom. The second-order valence-corrected chi connectivity index (χ2v) is 3.45. The fourth-order valence-electron chi connectivity index (χ4n) is 1.17. The molecular weight excluding hydrogens is 264 g/mol. The Morgan fingerprint density at radius 2 is 1.72 bits per heavy atom. The van der Waals surface area contributed by atoms with Gasteiger partial charge in [-0.15, -0.1) is 0 Å². The van der Waals surface area contributed by atoms with Crippen molar-refractivity contribution in [2.75, 3.05) is 5.32 Å². The molecule has 1 aromatic carbocycles. The quantitative estimate of drug-likeness (QED) is 0.820. The lowest BCUT2D eigenvalue weighted by Crippen LogP contribution is -2.33. The van der Waals surface area contributed by atoms with Crippen LogP contribution in [0.4, 0.5) is 32.0 Å². The molecule has 8 heteroatoms. The molecule has 1 N–H and O–H groups in total. The molecular formula is C10H7F6NO. The molecule has 0 radical (unpaired) electrons. The minimum Gasteiger partial charge on any atom is -0.324 e. The maximum absolute atomic E-state index is 13.2. The van der Waals surface area contributed by atoms with Gasteiger partial charge < -0.3 is 5.32 Å². The van der Waals surface area contributed by atoms with Crippen molar-refractivity contribution in [1.29, 1.82) is 0 Å². The molecule has 0 heterocycles. The van der Waals surface area contributed by atoms with Crippen LogP contribution in [-0.4, -0.2) is 12.1 Å². The number of amides is 1. The number of carbonyl (C=O) groups excluding carboxylic acids is 1. The van der Waals surface area contributed by atoms with Crippen LogP contribution in [0.25, 0.3) is 0 Å². The average Bonchev–Trinajstić information content (AvgIpc) is 2.18. The molecule has 1 amide bonds. The van der Waals surface area contributed by atoms with Crippen LogP contribution in [0.5, 0.6) is 0 Å². The van der Waals surface area contributed by atoms with Crippen molar-refractivity contribution >= 4 is 11.6 Å². The first-order valence-electron chi connectivity index (χ1n) is 4.58. The van der Waals surface area contributed by atoms with Crippen LogP contribution in [0.3, 0.4) is 0 Å². The van der Waals surface area contributed by atoms with Crippen molar-refractivity contribution in [3.63, 3.8) is 0 Å². The standard InChI is InChI=1S/C10H7F6NO/c1-5(18)17-8-3-2-6(4-7(8)11)9(12,13)10(14,15)16/h2-4H,1H3,(H,17,18). The molecule has 0 saturated heterocycles. The van der Waals surface area contributed by atoms with Crippen molar-refractivity contribution in [2.24, 2.45) is 0 Å². The lowest BCUT2D eigenvalue weighted by molar-refractivity contribution is -0.289. The van der Waals surface area contributed by atoms with Crippen LogP contribution in [0.1, 0.15) is 12.5 Å². The molecule has 0 aromatic heterocycles. The van der Waals surface area contributed by atoms with Gasteiger partial charge in [-0.05, 0) is 12.1 Å². The molecule has 0 fully saturated rings. The normalized spacial score (nSPS) is 12.4. The molecule has 0 bridgehead atoms. The highest BCUT2D eigenvalue weighted by atomic mass is 19.4. The summed E-state index contributed by atoms with van der Waals surface area (Å²) in [7, 11) is 0. The van der Waals surface area contributed by atoms with Crippen LogP contribution < -0.4 is 5.32 Å². The van der Waals surface area contributed by atoms with E-state index in [1.54, 1.807) is 0 Å². The smallest absolute Gasteiger partial charge is 0.324 e. The monoisotopic (exact) mass is 271 g/mol. The molecule has 0 aliphatic heterocycles. The number of halogens is 6. The predicted molar refractivity (Wildman–Crippen MR) is 50.7 cm³/mol. The van der Waals surface area contributed by atoms with Crippen molar-refractivity contribution in [1.82, 2.24) is 0 Å². The van der Waals surface area contributed by atoms with E-state index >= 15 is 0 Å². The molecule has 0 unspecified atom stereocenters. The molecule has 2 nitrogen and oxygen atoms in total. The summed E-state index contributed by atoms with van der Waals surface area (Å²) in [4.78, 5) is 10.6. The lowest BCUT2D eigenvalue weighted by atomic mass is 10.1. The summed E-state index contributed by atoms with van der Waals surface area (Å²) in [5, 5.41) is 1.95. The fraction of sp³-hybridized carbons (Fsp3) is 0.300. The number of alkyl halides is 5. The van der Waals surface area contributed by atoms with Gasteiger partial charge in [-0.2, -0.15) is 22.0 Å². The van der Waals surface area contributed by atoms with Gasteiger partial charge in [0.2, 0.25) is 5.91 Å². The molecule has 0 atom stereocenters. The topological polar surface area (TPSA) is 29.1 Å². The van der Waals surface area contributed by atoms with E-state index < -0.39 is 35.1 Å². The first-order valence-corrected chi connectivity index (χ1v) is 4.58. The first kappa shape index (κ1) is 14.3. The molecule has 0 saturated carbocycles. The number of carbonyl (C=O) groups is 1. The highest BCUT2D eigenvalue weighted by Crippen LogP contribution is 2.44. The zero-order valence-corrected chi connectivity index (χ0v) is 8.91. The van der Waals surface area contributed by atoms with Crippen LogP contribution in [0.2, 0.25) is 0 Å². The molecule has 0 aliphatic rings. The van der Waals surface area contributed by atoms with E-state index in [0.717, 1.165) is 6.92 Å². The Balaban J connectivity index is 3.16. The van der Waals surface area contributed by atoms with Gasteiger partial charge in [-0.1, -0.05) is 6.07 Å². The maximum Gasteiger partial charge on any atom is 0.458 e. The summed E-state index contributed by atoms with van der Waals surface area (Å²) in [6, 6.07) is 1.09. The Labute approximate surface area is 97.6 Å². The third kappa shape index (κ3) is 2.74. The molecule has 18 heavy (non-hydrogen) atoms. The number of nitrogens with one attached hydrogen (secondary N) is 1. The minimum absolute atomic E-state index is 0.0404. The highest BCUT2D eigenvalue weighted by Gasteiger charge is 2.58. The van der Waals surface area contributed by atoms with Crippen molar-refractivity contribution in [3.05, 3.63) is 29.6 Å². The van der Waals surface area contributed by atoms with Gasteiger partial charge in [-0.3, -0.25) is 4.79 Å². The number of anilines is 1. The average molecular weight is 271 g/mol. The Hall–Kier alpha value is -1.73. The third-order valence-electron chi connectivity index (χ3n) is 2.00. The largest absolute Gasteiger partial charge is 0.458 e. The van der Waals surface area contributed by atoms with E-state index in [1.165, 1.54) is 0 Å². The summed E-state index contributed by atoms with van der Waals surface area (Å²) in [6.07, 6.45) is -5.81. The van der Waals surface area contributed by atoms with Crippen LogP contribution in [0, 0.1) is 5.82 Å². The summed E-state index contributed by atoms with van der Waals surface area (Å²) in [5.41, 5.74) is -1.99. The molecule has 0 aliphatic carbocycles. The van der Waals surface area contributed by atoms with Gasteiger partial charge in [0.15, 0.2) is 0 Å². The summed E-state index contributed by atoms with van der Waals surface area (Å²) in [5.74, 6) is -7.20. The Kier molecular flexibility index (Phi) is 3.59. The Bertz CT molecular complexity index is 468. The zero-order valence-electron chi connectivity index (χ0n) is 8.91. The predicted octanol–water partition coefficient (Wildman–Crippen LogP) is 3.44. The second-order valence-electron chi connectivity index (χ2n) is 3.45. The van der Waals surface area contributed by atoms with E-state index in [2.05, 4.69) is 0 Å². The second kappa shape index (κ2) is 4.51. The van der Waals surface area contributed by atoms with Crippen molar-refractivity contribution in [2.45, 2.75) is 19.0 Å². The van der Waals surface area contributed by atoms with Crippen LogP contribution in [0.15, 0.2) is 18.2 Å². The van der Waals surface area contributed by atoms with Gasteiger partial charge in [0.05, 0.1) is 5.69 Å². The van der Waals surface area contributed by atoms with E-state index in [0.29, 0.717) is 12.1 Å². The first-order chi connectivity index (χ1) is 8.05. The van der Waals surface area contributed by atoms with Crippen LogP contribution in [-0.2, 0) is 10.7 Å². The zero-order chi connectivity index (χ0) is 14.1. The minimum atomic E-state index is -5.81. The van der Waals surface area contributed by atoms with E-state index in [1.807, 2.05) is 5.32 Å². The van der Waals surface area contributed by atoms with Gasteiger partial charge in [0.25, 0.3) is 0 Å². The summed E-state index contributed by atoms with van der Waals surface area (Å²) >= 11 is 0. The van der Waals surface area contributed by atoms with Crippen molar-refractivity contribution in [3.8, 4) is 0 Å². The Morgan fingerprint density at radius 3 is 2.11 bits per heavy atom. The number of benzene rings is 1. The maximum atomic E-state index is 13.2. The molecule has 0 spiro atoms. The fourth-order valence-corrected chi connectivity index (χ4v) is 1.17. The number of rotatable bonds is 2. The van der Waals surface area contributed by atoms with E-state index in [-0.39, 0.29) is 6.07 Å². The molecule has 1 rings (SSSR count). The van der Waals surface area contributed by atoms with E-state index in [9.17, 15) is 31.1 Å². The van der Waals surface area contributed by atoms with Crippen molar-refractivity contribution < 1.29 is 31.1 Å². The van der Waals surface area contributed by atoms with Crippen LogP contribution >= 0.6 is 0 Å². The highest BCUT2D eigenvalue weighted by molar-refractivity contribution is 5.88. The molecule has 100 valence electrons.